The maximum atomic E-state index is 10.9. The molecule has 7 heteroatoms. The van der Waals surface area contributed by atoms with Crippen molar-refractivity contribution in [2.75, 3.05) is 6.61 Å². The van der Waals surface area contributed by atoms with Crippen LogP contribution in [0.1, 0.15) is 20.3 Å². The fraction of sp³-hybridized carbons (Fsp3) is 0.833. The van der Waals surface area contributed by atoms with Crippen LogP contribution in [0.5, 0.6) is 0 Å². The second kappa shape index (κ2) is 6.77. The van der Waals surface area contributed by atoms with Crippen molar-refractivity contribution in [3.05, 3.63) is 0 Å². The third-order valence-corrected chi connectivity index (χ3v) is 2.16. The monoisotopic (exact) mass is 209 g/mol. The highest BCUT2D eigenvalue weighted by molar-refractivity contribution is 7.33. The standard InChI is InChI=1S/C6H13N2O4P/c1-3-5(2)12-13(10)11-4-6(7)8-9/h5H,3-4H2,1-2H3,(H2-,7,8,9)/p+1. The first-order valence-electron chi connectivity index (χ1n) is 3.83. The molecule has 0 radical (unpaired) electrons. The van der Waals surface area contributed by atoms with E-state index in [1.807, 2.05) is 6.92 Å². The molecule has 0 aromatic carbocycles. The van der Waals surface area contributed by atoms with E-state index in [0.29, 0.717) is 0 Å². The van der Waals surface area contributed by atoms with Crippen LogP contribution in [-0.2, 0) is 13.6 Å². The van der Waals surface area contributed by atoms with Crippen LogP contribution < -0.4 is 5.73 Å². The highest BCUT2D eigenvalue weighted by Gasteiger charge is 2.24. The quantitative estimate of drug-likeness (QED) is 0.225. The zero-order valence-corrected chi connectivity index (χ0v) is 8.53. The van der Waals surface area contributed by atoms with Crippen molar-refractivity contribution in [3.8, 4) is 0 Å². The second-order valence-electron chi connectivity index (χ2n) is 2.41. The van der Waals surface area contributed by atoms with Gasteiger partial charge in [-0.3, -0.25) is 0 Å². The van der Waals surface area contributed by atoms with Crippen molar-refractivity contribution in [1.82, 2.24) is 0 Å². The Balaban J connectivity index is 3.63. The van der Waals surface area contributed by atoms with Gasteiger partial charge in [0.05, 0.1) is 0 Å². The lowest BCUT2D eigenvalue weighted by Crippen LogP contribution is -2.17. The average molecular weight is 209 g/mol. The van der Waals surface area contributed by atoms with E-state index in [2.05, 4.69) is 9.68 Å². The van der Waals surface area contributed by atoms with Crippen LogP contribution in [0.4, 0.5) is 0 Å². The summed E-state index contributed by atoms with van der Waals surface area (Å²) in [6.45, 7) is 3.47. The summed E-state index contributed by atoms with van der Waals surface area (Å²) >= 11 is 0. The van der Waals surface area contributed by atoms with Crippen molar-refractivity contribution in [1.29, 1.82) is 0 Å². The van der Waals surface area contributed by atoms with E-state index in [0.717, 1.165) is 6.42 Å². The Morgan fingerprint density at radius 1 is 1.77 bits per heavy atom. The Bertz CT molecular complexity index is 197. The molecular formula is C6H14N2O4P+. The van der Waals surface area contributed by atoms with Gasteiger partial charge in [-0.15, -0.1) is 9.05 Å². The summed E-state index contributed by atoms with van der Waals surface area (Å²) in [4.78, 5) is 0. The van der Waals surface area contributed by atoms with E-state index in [1.165, 1.54) is 0 Å². The fourth-order valence-electron chi connectivity index (χ4n) is 0.400. The average Bonchev–Trinajstić information content (AvgIpc) is 2.13. The van der Waals surface area contributed by atoms with Crippen LogP contribution in [0.3, 0.4) is 0 Å². The zero-order chi connectivity index (χ0) is 10.3. The van der Waals surface area contributed by atoms with Crippen molar-refractivity contribution in [3.63, 3.8) is 0 Å². The predicted octanol–water partition coefficient (Wildman–Crippen LogP) is 1.22. The molecule has 0 rings (SSSR count). The highest BCUT2D eigenvalue weighted by atomic mass is 31.1. The Kier molecular flexibility index (Phi) is 6.40. The van der Waals surface area contributed by atoms with E-state index in [9.17, 15) is 4.57 Å². The minimum atomic E-state index is -2.19. The third kappa shape index (κ3) is 6.45. The topological polar surface area (TPSA) is 94.1 Å². The lowest BCUT2D eigenvalue weighted by atomic mass is 10.3. The molecule has 0 aliphatic heterocycles. The Morgan fingerprint density at radius 3 is 2.85 bits per heavy atom. The molecule has 0 aliphatic carbocycles. The van der Waals surface area contributed by atoms with Crippen LogP contribution in [0.25, 0.3) is 0 Å². The van der Waals surface area contributed by atoms with Gasteiger partial charge < -0.3 is 10.9 Å². The van der Waals surface area contributed by atoms with Gasteiger partial charge in [0.15, 0.2) is 12.4 Å². The molecule has 76 valence electrons. The smallest absolute Gasteiger partial charge is 0.409 e. The molecule has 2 unspecified atom stereocenters. The van der Waals surface area contributed by atoms with Crippen LogP contribution in [0, 0.1) is 0 Å². The summed E-state index contributed by atoms with van der Waals surface area (Å²) in [5.41, 5.74) is 5.08. The minimum Gasteiger partial charge on any atom is -0.409 e. The molecule has 0 saturated heterocycles. The van der Waals surface area contributed by atoms with E-state index in [4.69, 9.17) is 15.5 Å². The van der Waals surface area contributed by atoms with Gasteiger partial charge in [0.1, 0.15) is 6.10 Å². The number of oxime groups is 1. The normalized spacial score (nSPS) is 15.5. The first-order valence-corrected chi connectivity index (χ1v) is 4.93. The maximum absolute atomic E-state index is 10.9. The van der Waals surface area contributed by atoms with E-state index < -0.39 is 8.25 Å². The van der Waals surface area contributed by atoms with Gasteiger partial charge >= 0.3 is 8.25 Å². The molecule has 2 atom stereocenters. The molecule has 0 amide bonds. The minimum absolute atomic E-state index is 0.129. The predicted molar refractivity (Wildman–Crippen MR) is 47.8 cm³/mol. The highest BCUT2D eigenvalue weighted by Crippen LogP contribution is 2.26. The molecule has 0 spiro atoms. The first kappa shape index (κ1) is 12.3. The van der Waals surface area contributed by atoms with Gasteiger partial charge in [-0.2, -0.15) is 0 Å². The van der Waals surface area contributed by atoms with Crippen molar-refractivity contribution < 1.29 is 18.8 Å². The second-order valence-corrected chi connectivity index (χ2v) is 3.33. The van der Waals surface area contributed by atoms with E-state index in [-0.39, 0.29) is 18.5 Å². The molecule has 0 aromatic rings. The van der Waals surface area contributed by atoms with Crippen LogP contribution in [0.15, 0.2) is 5.16 Å². The number of rotatable bonds is 6. The molecule has 0 fully saturated rings. The lowest BCUT2D eigenvalue weighted by Gasteiger charge is -1.97. The van der Waals surface area contributed by atoms with Crippen molar-refractivity contribution in [2.45, 2.75) is 26.4 Å². The zero-order valence-electron chi connectivity index (χ0n) is 7.64. The molecule has 6 nitrogen and oxygen atoms in total. The van der Waals surface area contributed by atoms with Crippen LogP contribution in [0.2, 0.25) is 0 Å². The Hall–Kier alpha value is -0.710. The summed E-state index contributed by atoms with van der Waals surface area (Å²) in [7, 11) is -2.19. The van der Waals surface area contributed by atoms with Crippen molar-refractivity contribution >= 4 is 14.1 Å². The Morgan fingerprint density at radius 2 is 2.38 bits per heavy atom. The van der Waals surface area contributed by atoms with Crippen molar-refractivity contribution in [2.24, 2.45) is 10.9 Å². The number of hydrogen-bond acceptors (Lipinski definition) is 5. The molecule has 0 heterocycles. The maximum Gasteiger partial charge on any atom is 0.698 e. The number of hydrogen-bond donors (Lipinski definition) is 2. The van der Waals surface area contributed by atoms with Gasteiger partial charge in [-0.1, -0.05) is 12.1 Å². The molecule has 3 N–H and O–H groups in total. The van der Waals surface area contributed by atoms with E-state index in [1.54, 1.807) is 6.92 Å². The SMILES string of the molecule is CCC(C)O[P+](=O)OCC(N)=NO. The fourth-order valence-corrected chi connectivity index (χ4v) is 1.14. The molecule has 0 bridgehead atoms. The Labute approximate surface area is 77.7 Å². The first-order chi connectivity index (χ1) is 6.10. The molecule has 0 saturated carbocycles. The number of amidine groups is 1. The molecular weight excluding hydrogens is 195 g/mol. The number of nitrogens with zero attached hydrogens (tertiary/aromatic N) is 1. The van der Waals surface area contributed by atoms with Gasteiger partial charge in [-0.25, -0.2) is 0 Å². The summed E-state index contributed by atoms with van der Waals surface area (Å²) in [5, 5.41) is 10.8. The van der Waals surface area contributed by atoms with Gasteiger partial charge in [0.2, 0.25) is 0 Å². The molecule has 0 aromatic heterocycles. The van der Waals surface area contributed by atoms with Crippen LogP contribution in [-0.4, -0.2) is 23.8 Å². The summed E-state index contributed by atoms with van der Waals surface area (Å²) in [6.07, 6.45) is 0.615. The summed E-state index contributed by atoms with van der Waals surface area (Å²) in [5.74, 6) is -0.142. The number of nitrogens with two attached hydrogens (primary N) is 1. The molecule has 13 heavy (non-hydrogen) atoms. The van der Waals surface area contributed by atoms with E-state index >= 15 is 0 Å². The van der Waals surface area contributed by atoms with Gasteiger partial charge in [0.25, 0.3) is 0 Å². The van der Waals surface area contributed by atoms with Gasteiger partial charge in [-0.05, 0) is 13.3 Å². The largest absolute Gasteiger partial charge is 0.698 e. The lowest BCUT2D eigenvalue weighted by molar-refractivity contribution is 0.182. The molecule has 0 aliphatic rings. The summed E-state index contributed by atoms with van der Waals surface area (Å²) < 4.78 is 20.5. The van der Waals surface area contributed by atoms with Gasteiger partial charge in [0, 0.05) is 4.57 Å². The van der Waals surface area contributed by atoms with Crippen LogP contribution >= 0.6 is 8.25 Å². The third-order valence-electron chi connectivity index (χ3n) is 1.29. The summed E-state index contributed by atoms with van der Waals surface area (Å²) in [6, 6.07) is 0.